The zero-order chi connectivity index (χ0) is 28.6. The second kappa shape index (κ2) is 10.8. The number of aromatic nitrogens is 3. The summed E-state index contributed by atoms with van der Waals surface area (Å²) < 4.78 is 49.8. The maximum absolute atomic E-state index is 14.3. The quantitative estimate of drug-likeness (QED) is 0.289. The lowest BCUT2D eigenvalue weighted by Crippen LogP contribution is -2.53. The van der Waals surface area contributed by atoms with Crippen molar-refractivity contribution in [1.82, 2.24) is 19.1 Å². The van der Waals surface area contributed by atoms with Crippen molar-refractivity contribution in [3.63, 3.8) is 0 Å². The minimum absolute atomic E-state index is 0.0138. The van der Waals surface area contributed by atoms with E-state index in [0.717, 1.165) is 22.4 Å². The van der Waals surface area contributed by atoms with Crippen LogP contribution in [0.5, 0.6) is 0 Å². The van der Waals surface area contributed by atoms with E-state index in [2.05, 4.69) is 10.1 Å². The Balaban J connectivity index is 1.41. The Labute approximate surface area is 238 Å². The van der Waals surface area contributed by atoms with E-state index in [-0.39, 0.29) is 41.7 Å². The summed E-state index contributed by atoms with van der Waals surface area (Å²) in [7, 11) is -2.29. The number of methoxy groups -OCH3 is 1. The normalized spacial score (nSPS) is 18.8. The smallest absolute Gasteiger partial charge is 0.243 e. The van der Waals surface area contributed by atoms with Gasteiger partial charge >= 0.3 is 0 Å². The van der Waals surface area contributed by atoms with E-state index in [1.165, 1.54) is 16.4 Å². The van der Waals surface area contributed by atoms with Gasteiger partial charge in [0, 0.05) is 26.4 Å². The molecule has 1 aliphatic heterocycles. The number of nitrogens with zero attached hydrogens (tertiary/aromatic N) is 4. The number of carbonyl (C=O) groups is 1. The number of pyridine rings is 1. The molecule has 2 aromatic heterocycles. The van der Waals surface area contributed by atoms with Gasteiger partial charge in [-0.15, -0.1) is 0 Å². The number of piperidine rings is 1. The molecular formula is C31H29FN4O4S. The molecule has 0 radical (unpaired) electrons. The molecule has 0 spiro atoms. The lowest BCUT2D eigenvalue weighted by molar-refractivity contribution is 0.0770. The van der Waals surface area contributed by atoms with Crippen LogP contribution in [-0.2, 0) is 27.6 Å². The first-order valence-corrected chi connectivity index (χ1v) is 14.8. The van der Waals surface area contributed by atoms with Gasteiger partial charge in [-0.1, -0.05) is 23.8 Å². The van der Waals surface area contributed by atoms with Gasteiger partial charge in [0.25, 0.3) is 0 Å². The Morgan fingerprint density at radius 3 is 2.68 bits per heavy atom. The van der Waals surface area contributed by atoms with Crippen molar-refractivity contribution in [2.75, 3.05) is 26.8 Å². The van der Waals surface area contributed by atoms with Gasteiger partial charge in [-0.25, -0.2) is 17.5 Å². The van der Waals surface area contributed by atoms with Crippen LogP contribution in [0, 0.1) is 11.2 Å². The van der Waals surface area contributed by atoms with Gasteiger partial charge in [0.15, 0.2) is 5.78 Å². The van der Waals surface area contributed by atoms with Gasteiger partial charge in [-0.3, -0.25) is 9.78 Å². The number of hydrogen-bond acceptors (Lipinski definition) is 6. The highest BCUT2D eigenvalue weighted by Gasteiger charge is 2.51. The van der Waals surface area contributed by atoms with Crippen molar-refractivity contribution in [2.24, 2.45) is 5.41 Å². The first kappa shape index (κ1) is 27.2. The monoisotopic (exact) mass is 572 g/mol. The average molecular weight is 573 g/mol. The Bertz CT molecular complexity index is 1740. The number of Topliss-reactive ketones (excluding diaryl/α,β-unsaturated/α-hetero) is 1. The summed E-state index contributed by atoms with van der Waals surface area (Å²) in [5, 5.41) is 4.55. The molecular weight excluding hydrogens is 543 g/mol. The number of ether oxygens (including phenoxy) is 1. The highest BCUT2D eigenvalue weighted by Crippen LogP contribution is 2.47. The van der Waals surface area contributed by atoms with Crippen LogP contribution in [0.1, 0.15) is 33.7 Å². The third-order valence-electron chi connectivity index (χ3n) is 7.92. The first-order chi connectivity index (χ1) is 19.8. The fourth-order valence-electron chi connectivity index (χ4n) is 5.78. The minimum Gasteiger partial charge on any atom is -0.384 e. The number of benzene rings is 2. The van der Waals surface area contributed by atoms with E-state index >= 15 is 0 Å². The molecule has 10 heteroatoms. The van der Waals surface area contributed by atoms with Crippen LogP contribution in [-0.4, -0.2) is 60.1 Å². The molecule has 0 saturated carbocycles. The summed E-state index contributed by atoms with van der Waals surface area (Å²) in [6.07, 6.45) is 6.45. The van der Waals surface area contributed by atoms with Crippen molar-refractivity contribution in [3.05, 3.63) is 113 Å². The minimum atomic E-state index is -3.90. The Hall–Kier alpha value is -3.99. The standard InChI is InChI=1S/C31H29FN4O4S/c1-40-16-13-22-5-4-6-27(17-22)41(38,39)35-15-12-24-18-29-23(20-34-36(29)26-10-8-25(32)9-11-26)19-31(24,21-35)30(37)28-7-2-3-14-33-28/h2-11,14,17-18,20H,12-13,15-16,19,21H2,1H3/t31-/m0/s1. The van der Waals surface area contributed by atoms with E-state index < -0.39 is 15.4 Å². The average Bonchev–Trinajstić information content (AvgIpc) is 3.41. The van der Waals surface area contributed by atoms with Crippen LogP contribution >= 0.6 is 0 Å². The highest BCUT2D eigenvalue weighted by atomic mass is 32.2. The van der Waals surface area contributed by atoms with E-state index in [0.29, 0.717) is 25.1 Å². The number of halogens is 1. The lowest BCUT2D eigenvalue weighted by atomic mass is 9.65. The van der Waals surface area contributed by atoms with Gasteiger partial charge in [0.2, 0.25) is 10.0 Å². The number of fused-ring (bicyclic) bond motifs is 2. The third-order valence-corrected chi connectivity index (χ3v) is 9.76. The highest BCUT2D eigenvalue weighted by molar-refractivity contribution is 7.89. The van der Waals surface area contributed by atoms with Gasteiger partial charge in [0.1, 0.15) is 11.5 Å². The van der Waals surface area contributed by atoms with E-state index in [1.807, 2.05) is 12.1 Å². The molecule has 0 N–H and O–H groups in total. The number of hydrogen-bond donors (Lipinski definition) is 0. The summed E-state index contributed by atoms with van der Waals surface area (Å²) in [5.41, 5.74) is 3.15. The van der Waals surface area contributed by atoms with Crippen molar-refractivity contribution >= 4 is 21.9 Å². The molecule has 210 valence electrons. The van der Waals surface area contributed by atoms with E-state index in [4.69, 9.17) is 4.74 Å². The maximum Gasteiger partial charge on any atom is 0.243 e. The zero-order valence-electron chi connectivity index (χ0n) is 22.5. The number of rotatable bonds is 8. The van der Waals surface area contributed by atoms with Crippen molar-refractivity contribution in [3.8, 4) is 5.69 Å². The van der Waals surface area contributed by atoms with E-state index in [1.54, 1.807) is 72.7 Å². The maximum atomic E-state index is 14.3. The number of sulfonamides is 1. The molecule has 41 heavy (non-hydrogen) atoms. The fourth-order valence-corrected chi connectivity index (χ4v) is 7.35. The zero-order valence-corrected chi connectivity index (χ0v) is 23.4. The fraction of sp³-hybridized carbons (Fsp3) is 0.258. The Morgan fingerprint density at radius 2 is 1.93 bits per heavy atom. The molecule has 2 aromatic carbocycles. The second-order valence-corrected chi connectivity index (χ2v) is 12.3. The first-order valence-electron chi connectivity index (χ1n) is 13.4. The molecule has 4 aromatic rings. The van der Waals surface area contributed by atoms with Crippen LogP contribution in [0.2, 0.25) is 0 Å². The van der Waals surface area contributed by atoms with Crippen LogP contribution < -0.4 is 0 Å². The summed E-state index contributed by atoms with van der Waals surface area (Å²) in [6.45, 7) is 0.699. The van der Waals surface area contributed by atoms with Gasteiger partial charge < -0.3 is 4.74 Å². The molecule has 1 saturated heterocycles. The van der Waals surface area contributed by atoms with Gasteiger partial charge in [0.05, 0.1) is 34.5 Å². The van der Waals surface area contributed by atoms with Gasteiger partial charge in [-0.2, -0.15) is 9.40 Å². The summed E-state index contributed by atoms with van der Waals surface area (Å²) >= 11 is 0. The second-order valence-electron chi connectivity index (χ2n) is 10.4. The topological polar surface area (TPSA) is 94.4 Å². The van der Waals surface area contributed by atoms with Crippen LogP contribution in [0.25, 0.3) is 11.8 Å². The molecule has 0 bridgehead atoms. The number of carbonyl (C=O) groups excluding carboxylic acids is 1. The number of ketones is 1. The van der Waals surface area contributed by atoms with Crippen molar-refractivity contribution in [2.45, 2.75) is 24.2 Å². The molecule has 0 unspecified atom stereocenters. The SMILES string of the molecule is COCCc1cccc(S(=O)(=O)N2CCC3=Cc4c(cnn4-c4ccc(F)cc4)C[C@]3(C(=O)c3ccccn3)C2)c1. The molecule has 2 aliphatic rings. The summed E-state index contributed by atoms with van der Waals surface area (Å²) in [5.74, 6) is -0.566. The molecule has 1 atom stereocenters. The molecule has 1 aliphatic carbocycles. The van der Waals surface area contributed by atoms with Crippen LogP contribution in [0.3, 0.4) is 0 Å². The predicted octanol–water partition coefficient (Wildman–Crippen LogP) is 4.50. The van der Waals surface area contributed by atoms with Crippen LogP contribution in [0.4, 0.5) is 4.39 Å². The Kier molecular flexibility index (Phi) is 7.14. The summed E-state index contributed by atoms with van der Waals surface area (Å²) in [6, 6.07) is 18.1. The van der Waals surface area contributed by atoms with Gasteiger partial charge in [-0.05, 0) is 85.0 Å². The largest absolute Gasteiger partial charge is 0.384 e. The summed E-state index contributed by atoms with van der Waals surface area (Å²) in [4.78, 5) is 18.8. The Morgan fingerprint density at radius 1 is 1.10 bits per heavy atom. The predicted molar refractivity (Wildman–Crippen MR) is 152 cm³/mol. The van der Waals surface area contributed by atoms with Crippen molar-refractivity contribution in [1.29, 1.82) is 0 Å². The molecule has 0 amide bonds. The molecule has 6 rings (SSSR count). The third kappa shape index (κ3) is 4.92. The molecule has 8 nitrogen and oxygen atoms in total. The van der Waals surface area contributed by atoms with E-state index in [9.17, 15) is 17.6 Å². The van der Waals surface area contributed by atoms with Crippen molar-refractivity contribution < 1.29 is 22.3 Å². The molecule has 3 heterocycles. The lowest BCUT2D eigenvalue weighted by Gasteiger charge is -2.44. The molecule has 1 fully saturated rings. The van der Waals surface area contributed by atoms with Crippen LogP contribution in [0.15, 0.2) is 89.6 Å².